The number of nitrogens with one attached hydrogen (secondary N) is 3. The summed E-state index contributed by atoms with van der Waals surface area (Å²) in [6, 6.07) is 2.62. The van der Waals surface area contributed by atoms with Crippen LogP contribution in [0.25, 0.3) is 21.9 Å². The number of anilines is 2. The number of H-pyrrole nitrogens is 1. The Hall–Kier alpha value is -4.75. The molecule has 2 atom stereocenters. The van der Waals surface area contributed by atoms with Gasteiger partial charge < -0.3 is 29.4 Å². The Labute approximate surface area is 252 Å². The highest BCUT2D eigenvalue weighted by Gasteiger charge is 2.57. The largest absolute Gasteiger partial charge is 0.444 e. The number of amides is 2. The number of carbonyl (C=O) groups excluding carboxylic acids is 2. The summed E-state index contributed by atoms with van der Waals surface area (Å²) >= 11 is 0. The third-order valence-electron chi connectivity index (χ3n) is 7.26. The molecule has 1 aliphatic heterocycles. The molecular formula is C30H35FN8O5. The van der Waals surface area contributed by atoms with Crippen LogP contribution < -0.4 is 20.3 Å². The van der Waals surface area contributed by atoms with E-state index in [9.17, 15) is 9.59 Å². The van der Waals surface area contributed by atoms with E-state index >= 15 is 4.39 Å². The molecule has 6 rings (SSSR count). The van der Waals surface area contributed by atoms with Gasteiger partial charge >= 0.3 is 18.2 Å². The number of alkyl carbamates (subject to hydrolysis) is 1. The molecule has 0 bridgehead atoms. The molecule has 44 heavy (non-hydrogen) atoms. The number of halogens is 1. The lowest BCUT2D eigenvalue weighted by molar-refractivity contribution is 0.0517. The summed E-state index contributed by atoms with van der Waals surface area (Å²) in [5, 5.41) is 6.68. The zero-order chi connectivity index (χ0) is 31.6. The lowest BCUT2D eigenvalue weighted by atomic mass is 10.1. The van der Waals surface area contributed by atoms with Gasteiger partial charge in [-0.1, -0.05) is 0 Å². The molecule has 2 amide bonds. The zero-order valence-electron chi connectivity index (χ0n) is 25.6. The summed E-state index contributed by atoms with van der Waals surface area (Å²) in [5.74, 6) is 1.28. The van der Waals surface area contributed by atoms with Gasteiger partial charge in [-0.3, -0.25) is 5.32 Å². The van der Waals surface area contributed by atoms with Gasteiger partial charge in [0.15, 0.2) is 5.75 Å². The molecule has 2 unspecified atom stereocenters. The van der Waals surface area contributed by atoms with Crippen LogP contribution in [-0.2, 0) is 9.47 Å². The summed E-state index contributed by atoms with van der Waals surface area (Å²) < 4.78 is 31.8. The number of aryl methyl sites for hydroxylation is 1. The van der Waals surface area contributed by atoms with Crippen molar-refractivity contribution in [3.63, 3.8) is 0 Å². The highest BCUT2D eigenvalue weighted by atomic mass is 19.1. The monoisotopic (exact) mass is 606 g/mol. The summed E-state index contributed by atoms with van der Waals surface area (Å²) in [5.41, 5.74) is -0.303. The van der Waals surface area contributed by atoms with E-state index in [0.717, 1.165) is 0 Å². The maximum Gasteiger partial charge on any atom is 0.412 e. The van der Waals surface area contributed by atoms with Crippen molar-refractivity contribution in [2.24, 2.45) is 11.8 Å². The molecule has 3 N–H and O–H groups in total. The first kappa shape index (κ1) is 29.3. The Kier molecular flexibility index (Phi) is 6.97. The lowest BCUT2D eigenvalue weighted by Crippen LogP contribution is -2.38. The van der Waals surface area contributed by atoms with Crippen molar-refractivity contribution in [2.45, 2.75) is 65.7 Å². The summed E-state index contributed by atoms with van der Waals surface area (Å²) in [4.78, 5) is 47.9. The van der Waals surface area contributed by atoms with Crippen molar-refractivity contribution in [2.75, 3.05) is 23.3 Å². The van der Waals surface area contributed by atoms with Crippen molar-refractivity contribution < 1.29 is 28.2 Å². The van der Waals surface area contributed by atoms with Crippen LogP contribution in [0.4, 0.5) is 25.5 Å². The molecule has 3 aromatic heterocycles. The minimum absolute atomic E-state index is 0.0103. The van der Waals surface area contributed by atoms with Crippen molar-refractivity contribution in [1.29, 1.82) is 0 Å². The maximum atomic E-state index is 15.0. The Morgan fingerprint density at radius 1 is 0.977 bits per heavy atom. The Balaban J connectivity index is 1.36. The van der Waals surface area contributed by atoms with Crippen LogP contribution in [0.15, 0.2) is 24.5 Å². The molecule has 1 saturated carbocycles. The molecule has 4 aromatic rings. The standard InChI is InChI=1S/C30H35FN8O5/c1-14-32-10-16(11-33-14)42-26-37-24-21(17-8-15(31)9-20(23(17)35-24)34-27(40)43-29(2,3)4)25(38-26)39-12-18-19(13-39)22(18)36-28(41)44-30(5,6)7/h8-11,18-19,22H,12-13H2,1-7H3,(H,34,40)(H,36,41)(H,35,37,38). The number of carbonyl (C=O) groups is 2. The van der Waals surface area contributed by atoms with Gasteiger partial charge in [0.25, 0.3) is 0 Å². The molecule has 0 radical (unpaired) electrons. The molecule has 14 heteroatoms. The van der Waals surface area contributed by atoms with Crippen LogP contribution in [0.5, 0.6) is 11.8 Å². The molecule has 2 fully saturated rings. The van der Waals surface area contributed by atoms with Crippen molar-refractivity contribution in [3.05, 3.63) is 36.2 Å². The van der Waals surface area contributed by atoms with Crippen molar-refractivity contribution in [1.82, 2.24) is 30.2 Å². The minimum Gasteiger partial charge on any atom is -0.444 e. The van der Waals surface area contributed by atoms with Gasteiger partial charge in [-0.05, 0) is 60.6 Å². The van der Waals surface area contributed by atoms with Gasteiger partial charge in [0, 0.05) is 36.4 Å². The summed E-state index contributed by atoms with van der Waals surface area (Å²) in [7, 11) is 0. The van der Waals surface area contributed by atoms with E-state index in [0.29, 0.717) is 52.4 Å². The fourth-order valence-electron chi connectivity index (χ4n) is 5.51. The van der Waals surface area contributed by atoms with Crippen LogP contribution in [0.1, 0.15) is 47.4 Å². The number of aromatic nitrogens is 5. The fourth-order valence-corrected chi connectivity index (χ4v) is 5.51. The van der Waals surface area contributed by atoms with E-state index in [1.54, 1.807) is 27.7 Å². The molecule has 2 aliphatic rings. The third-order valence-corrected chi connectivity index (χ3v) is 7.26. The SMILES string of the molecule is Cc1ncc(Oc2nc(N3CC4C(C3)C4NC(=O)OC(C)(C)C)c3c(n2)[nH]c2c(NC(=O)OC(C)(C)C)cc(F)cc23)cn1. The van der Waals surface area contributed by atoms with Crippen LogP contribution in [0.2, 0.25) is 0 Å². The van der Waals surface area contributed by atoms with Gasteiger partial charge in [0.05, 0.1) is 29.0 Å². The number of nitrogens with zero attached hydrogens (tertiary/aromatic N) is 5. The number of piperidine rings is 1. The second kappa shape index (κ2) is 10.5. The highest BCUT2D eigenvalue weighted by molar-refractivity contribution is 6.15. The molecular weight excluding hydrogens is 571 g/mol. The van der Waals surface area contributed by atoms with E-state index in [1.165, 1.54) is 24.5 Å². The normalized spacial score (nSPS) is 19.5. The molecule has 13 nitrogen and oxygen atoms in total. The highest BCUT2D eigenvalue weighted by Crippen LogP contribution is 2.48. The third kappa shape index (κ3) is 6.15. The summed E-state index contributed by atoms with van der Waals surface area (Å²) in [6.07, 6.45) is 1.88. The predicted octanol–water partition coefficient (Wildman–Crippen LogP) is 5.45. The van der Waals surface area contributed by atoms with Crippen molar-refractivity contribution in [3.8, 4) is 11.8 Å². The fraction of sp³-hybridized carbons (Fsp3) is 0.467. The second-order valence-electron chi connectivity index (χ2n) is 13.2. The Morgan fingerprint density at radius 3 is 2.25 bits per heavy atom. The van der Waals surface area contributed by atoms with Crippen LogP contribution >= 0.6 is 0 Å². The van der Waals surface area contributed by atoms with Crippen LogP contribution in [-0.4, -0.2) is 67.4 Å². The first-order chi connectivity index (χ1) is 20.6. The van der Waals surface area contributed by atoms with Gasteiger partial charge in [-0.2, -0.15) is 9.97 Å². The van der Waals surface area contributed by atoms with Gasteiger partial charge in [0.2, 0.25) is 0 Å². The van der Waals surface area contributed by atoms with Crippen molar-refractivity contribution >= 4 is 45.6 Å². The second-order valence-corrected chi connectivity index (χ2v) is 13.2. The number of ether oxygens (including phenoxy) is 3. The maximum absolute atomic E-state index is 15.0. The number of rotatable bonds is 5. The number of aromatic amines is 1. The first-order valence-electron chi connectivity index (χ1n) is 14.4. The molecule has 4 heterocycles. The number of hydrogen-bond donors (Lipinski definition) is 3. The Morgan fingerprint density at radius 2 is 1.61 bits per heavy atom. The average molecular weight is 607 g/mol. The Bertz CT molecular complexity index is 1750. The molecule has 1 saturated heterocycles. The quantitative estimate of drug-likeness (QED) is 0.267. The lowest BCUT2D eigenvalue weighted by Gasteiger charge is -2.24. The van der Waals surface area contributed by atoms with E-state index in [-0.39, 0.29) is 29.6 Å². The van der Waals surface area contributed by atoms with Gasteiger partial charge in [0.1, 0.15) is 34.3 Å². The molecule has 0 spiro atoms. The molecule has 232 valence electrons. The average Bonchev–Trinajstić information content (AvgIpc) is 3.21. The van der Waals surface area contributed by atoms with E-state index in [2.05, 4.69) is 35.5 Å². The predicted molar refractivity (Wildman–Crippen MR) is 160 cm³/mol. The number of fused-ring (bicyclic) bond motifs is 4. The van der Waals surface area contributed by atoms with Gasteiger partial charge in [-0.15, -0.1) is 0 Å². The van der Waals surface area contributed by atoms with E-state index in [4.69, 9.17) is 19.2 Å². The number of benzene rings is 1. The van der Waals surface area contributed by atoms with Crippen LogP contribution in [0, 0.1) is 24.6 Å². The number of hydrogen-bond acceptors (Lipinski definition) is 10. The van der Waals surface area contributed by atoms with Crippen LogP contribution in [0.3, 0.4) is 0 Å². The topological polar surface area (TPSA) is 156 Å². The first-order valence-corrected chi connectivity index (χ1v) is 14.4. The summed E-state index contributed by atoms with van der Waals surface area (Å²) in [6.45, 7) is 13.6. The van der Waals surface area contributed by atoms with Gasteiger partial charge in [-0.25, -0.2) is 23.9 Å². The molecule has 1 aliphatic carbocycles. The van der Waals surface area contributed by atoms with E-state index < -0.39 is 29.2 Å². The smallest absolute Gasteiger partial charge is 0.412 e. The molecule has 1 aromatic carbocycles. The zero-order valence-corrected chi connectivity index (χ0v) is 25.6. The minimum atomic E-state index is -0.742. The van der Waals surface area contributed by atoms with E-state index in [1.807, 2.05) is 20.8 Å².